The minimum absolute atomic E-state index is 0.306. The minimum atomic E-state index is 0.306. The number of rotatable bonds is 4. The first-order valence-corrected chi connectivity index (χ1v) is 6.33. The Morgan fingerprint density at radius 3 is 2.94 bits per heavy atom. The van der Waals surface area contributed by atoms with Crippen LogP contribution in [0.1, 0.15) is 31.4 Å². The summed E-state index contributed by atoms with van der Waals surface area (Å²) in [7, 11) is 0. The fourth-order valence-electron chi connectivity index (χ4n) is 2.40. The lowest BCUT2D eigenvalue weighted by Crippen LogP contribution is -2.19. The number of nitrogens with zero attached hydrogens (tertiary/aromatic N) is 1. The zero-order chi connectivity index (χ0) is 11.5. The highest BCUT2D eigenvalue weighted by Crippen LogP contribution is 2.28. The third-order valence-corrected chi connectivity index (χ3v) is 3.41. The zero-order valence-corrected chi connectivity index (χ0v) is 10.4. The second-order valence-corrected chi connectivity index (χ2v) is 4.81. The van der Waals surface area contributed by atoms with Crippen LogP contribution in [0.4, 0.5) is 5.69 Å². The molecule has 0 unspecified atom stereocenters. The monoisotopic (exact) mass is 218 g/mol. The third kappa shape index (κ3) is 2.38. The summed E-state index contributed by atoms with van der Waals surface area (Å²) < 4.78 is 0. The number of benzene rings is 1. The van der Waals surface area contributed by atoms with E-state index in [0.29, 0.717) is 6.04 Å². The maximum Gasteiger partial charge on any atom is 0.0399 e. The molecule has 2 heteroatoms. The van der Waals surface area contributed by atoms with Gasteiger partial charge in [-0.15, -0.1) is 0 Å². The highest BCUT2D eigenvalue weighted by Gasteiger charge is 2.17. The van der Waals surface area contributed by atoms with Crippen molar-refractivity contribution in [1.29, 1.82) is 0 Å². The van der Waals surface area contributed by atoms with Crippen molar-refractivity contribution in [1.82, 2.24) is 0 Å². The average molecular weight is 218 g/mol. The van der Waals surface area contributed by atoms with Crippen molar-refractivity contribution >= 4 is 5.69 Å². The van der Waals surface area contributed by atoms with Crippen molar-refractivity contribution in [3.8, 4) is 0 Å². The van der Waals surface area contributed by atoms with Crippen LogP contribution in [-0.4, -0.2) is 19.1 Å². The number of hydrogen-bond donors (Lipinski definition) is 1. The second kappa shape index (κ2) is 4.88. The third-order valence-electron chi connectivity index (χ3n) is 3.41. The summed E-state index contributed by atoms with van der Waals surface area (Å²) in [6.45, 7) is 6.60. The molecule has 0 radical (unpaired) electrons. The molecule has 1 heterocycles. The van der Waals surface area contributed by atoms with Crippen LogP contribution in [0.5, 0.6) is 0 Å². The molecule has 0 saturated carbocycles. The van der Waals surface area contributed by atoms with Crippen LogP contribution in [0.3, 0.4) is 0 Å². The fraction of sp³-hybridized carbons (Fsp3) is 0.571. The molecule has 1 aromatic carbocycles. The van der Waals surface area contributed by atoms with Crippen LogP contribution in [0.2, 0.25) is 0 Å². The molecule has 16 heavy (non-hydrogen) atoms. The molecule has 0 saturated heterocycles. The summed E-state index contributed by atoms with van der Waals surface area (Å²) in [5.74, 6) is 0. The molecule has 1 aliphatic rings. The van der Waals surface area contributed by atoms with Crippen molar-refractivity contribution in [3.63, 3.8) is 0 Å². The Hall–Kier alpha value is -1.02. The highest BCUT2D eigenvalue weighted by molar-refractivity contribution is 5.59. The Balaban J connectivity index is 2.09. The average Bonchev–Trinajstić information content (AvgIpc) is 2.68. The van der Waals surface area contributed by atoms with Crippen LogP contribution >= 0.6 is 0 Å². The number of hydrogen-bond acceptors (Lipinski definition) is 2. The van der Waals surface area contributed by atoms with Gasteiger partial charge in [0, 0.05) is 24.8 Å². The van der Waals surface area contributed by atoms with Gasteiger partial charge in [0.05, 0.1) is 0 Å². The molecular formula is C14H22N2. The summed E-state index contributed by atoms with van der Waals surface area (Å²) in [6, 6.07) is 7.21. The van der Waals surface area contributed by atoms with Gasteiger partial charge in [-0.1, -0.05) is 12.1 Å². The molecule has 1 aliphatic heterocycles. The van der Waals surface area contributed by atoms with Gasteiger partial charge in [-0.2, -0.15) is 0 Å². The SMILES string of the molecule is CCN1CCc2cc(CC[C@@H](C)N)ccc21. The fourth-order valence-corrected chi connectivity index (χ4v) is 2.40. The minimum Gasteiger partial charge on any atom is -0.371 e. The molecule has 0 aromatic heterocycles. The van der Waals surface area contributed by atoms with Gasteiger partial charge in [-0.3, -0.25) is 0 Å². The van der Waals surface area contributed by atoms with Crippen LogP contribution in [0.25, 0.3) is 0 Å². The lowest BCUT2D eigenvalue weighted by Gasteiger charge is -2.16. The smallest absolute Gasteiger partial charge is 0.0399 e. The topological polar surface area (TPSA) is 29.3 Å². The molecule has 2 rings (SSSR count). The van der Waals surface area contributed by atoms with Crippen molar-refractivity contribution in [3.05, 3.63) is 29.3 Å². The Kier molecular flexibility index (Phi) is 3.49. The summed E-state index contributed by atoms with van der Waals surface area (Å²) in [6.07, 6.45) is 3.39. The van der Waals surface area contributed by atoms with Crippen LogP contribution in [0, 0.1) is 0 Å². The number of anilines is 1. The largest absolute Gasteiger partial charge is 0.371 e. The van der Waals surface area contributed by atoms with E-state index in [1.54, 1.807) is 0 Å². The molecule has 2 N–H and O–H groups in total. The van der Waals surface area contributed by atoms with Crippen molar-refractivity contribution in [2.24, 2.45) is 5.73 Å². The van der Waals surface area contributed by atoms with Gasteiger partial charge in [0.25, 0.3) is 0 Å². The van der Waals surface area contributed by atoms with Crippen LogP contribution < -0.4 is 10.6 Å². The quantitative estimate of drug-likeness (QED) is 0.840. The summed E-state index contributed by atoms with van der Waals surface area (Å²) >= 11 is 0. The van der Waals surface area contributed by atoms with E-state index in [1.165, 1.54) is 29.8 Å². The maximum atomic E-state index is 5.79. The highest BCUT2D eigenvalue weighted by atomic mass is 15.1. The first kappa shape index (κ1) is 11.5. The Bertz CT molecular complexity index is 358. The van der Waals surface area contributed by atoms with E-state index in [4.69, 9.17) is 5.73 Å². The summed E-state index contributed by atoms with van der Waals surface area (Å²) in [5, 5.41) is 0. The predicted molar refractivity (Wildman–Crippen MR) is 70.0 cm³/mol. The van der Waals surface area contributed by atoms with Gasteiger partial charge in [-0.05, 0) is 50.3 Å². The first-order valence-electron chi connectivity index (χ1n) is 6.33. The molecular weight excluding hydrogens is 196 g/mol. The Labute approximate surface area is 98.4 Å². The molecule has 0 aliphatic carbocycles. The molecule has 0 bridgehead atoms. The van der Waals surface area contributed by atoms with E-state index >= 15 is 0 Å². The lowest BCUT2D eigenvalue weighted by atomic mass is 10.0. The van der Waals surface area contributed by atoms with Crippen LogP contribution in [0.15, 0.2) is 18.2 Å². The molecule has 1 aromatic rings. The summed E-state index contributed by atoms with van der Waals surface area (Å²) in [5.41, 5.74) is 10.2. The van der Waals surface area contributed by atoms with Gasteiger partial charge in [-0.25, -0.2) is 0 Å². The lowest BCUT2D eigenvalue weighted by molar-refractivity contribution is 0.666. The molecule has 2 nitrogen and oxygen atoms in total. The van der Waals surface area contributed by atoms with Crippen molar-refractivity contribution < 1.29 is 0 Å². The zero-order valence-electron chi connectivity index (χ0n) is 10.4. The molecule has 0 fully saturated rings. The van der Waals surface area contributed by atoms with E-state index in [-0.39, 0.29) is 0 Å². The van der Waals surface area contributed by atoms with E-state index in [9.17, 15) is 0 Å². The van der Waals surface area contributed by atoms with Gasteiger partial charge in [0.2, 0.25) is 0 Å². The normalized spacial score (nSPS) is 16.3. The summed E-state index contributed by atoms with van der Waals surface area (Å²) in [4.78, 5) is 2.45. The molecule has 88 valence electrons. The standard InChI is InChI=1S/C14H22N2/c1-3-16-9-8-13-10-12(5-4-11(2)15)6-7-14(13)16/h6-7,10-11H,3-5,8-9,15H2,1-2H3/t11-/m1/s1. The molecule has 0 spiro atoms. The Morgan fingerprint density at radius 1 is 1.44 bits per heavy atom. The Morgan fingerprint density at radius 2 is 2.25 bits per heavy atom. The van der Waals surface area contributed by atoms with Crippen molar-refractivity contribution in [2.45, 2.75) is 39.2 Å². The van der Waals surface area contributed by atoms with Gasteiger partial charge < -0.3 is 10.6 Å². The molecule has 0 amide bonds. The van der Waals surface area contributed by atoms with Gasteiger partial charge in [0.15, 0.2) is 0 Å². The number of aryl methyl sites for hydroxylation is 1. The first-order chi connectivity index (χ1) is 7.70. The molecule has 1 atom stereocenters. The van der Waals surface area contributed by atoms with E-state index in [0.717, 1.165) is 19.4 Å². The predicted octanol–water partition coefficient (Wildman–Crippen LogP) is 2.35. The number of likely N-dealkylation sites (N-methyl/N-ethyl adjacent to an activating group) is 1. The second-order valence-electron chi connectivity index (χ2n) is 4.81. The van der Waals surface area contributed by atoms with Crippen molar-refractivity contribution in [2.75, 3.05) is 18.0 Å². The van der Waals surface area contributed by atoms with Gasteiger partial charge in [0.1, 0.15) is 0 Å². The maximum absolute atomic E-state index is 5.79. The number of fused-ring (bicyclic) bond motifs is 1. The van der Waals surface area contributed by atoms with E-state index < -0.39 is 0 Å². The number of nitrogens with two attached hydrogens (primary N) is 1. The van der Waals surface area contributed by atoms with Crippen LogP contribution in [-0.2, 0) is 12.8 Å². The van der Waals surface area contributed by atoms with Gasteiger partial charge >= 0.3 is 0 Å². The van der Waals surface area contributed by atoms with E-state index in [1.807, 2.05) is 0 Å². The van der Waals surface area contributed by atoms with E-state index in [2.05, 4.69) is 36.9 Å².